The number of nitrogens with zero attached hydrogens (tertiary/aromatic N) is 1. The van der Waals surface area contributed by atoms with Gasteiger partial charge in [0.1, 0.15) is 10.7 Å². The zero-order valence-corrected chi connectivity index (χ0v) is 14.9. The second kappa shape index (κ2) is 7.28. The van der Waals surface area contributed by atoms with Gasteiger partial charge in [-0.3, -0.25) is 9.59 Å². The van der Waals surface area contributed by atoms with E-state index in [0.29, 0.717) is 28.6 Å². The molecule has 2 aromatic heterocycles. The summed E-state index contributed by atoms with van der Waals surface area (Å²) in [5.41, 5.74) is -0.101. The molecule has 2 aromatic rings. The van der Waals surface area contributed by atoms with Gasteiger partial charge in [-0.05, 0) is 25.8 Å². The number of hydrogen-bond donors (Lipinski definition) is 2. The Hall–Kier alpha value is -1.34. The van der Waals surface area contributed by atoms with E-state index in [0.717, 1.165) is 9.71 Å². The number of aromatic nitrogens is 2. The summed E-state index contributed by atoms with van der Waals surface area (Å²) in [6.45, 7) is 8.06. The summed E-state index contributed by atoms with van der Waals surface area (Å²) >= 11 is 3.01. The zero-order valence-electron chi connectivity index (χ0n) is 13.2. The molecule has 0 aromatic carbocycles. The summed E-state index contributed by atoms with van der Waals surface area (Å²) in [5, 5.41) is 3.49. The van der Waals surface area contributed by atoms with Crippen LogP contribution in [-0.4, -0.2) is 27.7 Å². The van der Waals surface area contributed by atoms with Crippen LogP contribution in [0.1, 0.15) is 44.3 Å². The fraction of sp³-hybridized carbons (Fsp3) is 0.533. The third-order valence-electron chi connectivity index (χ3n) is 2.96. The minimum Gasteiger partial charge on any atom is -0.353 e. The molecule has 22 heavy (non-hydrogen) atoms. The number of amides is 1. The van der Waals surface area contributed by atoms with Gasteiger partial charge in [0.25, 0.3) is 5.56 Å². The molecule has 2 heterocycles. The maximum atomic E-state index is 12.1. The molecule has 7 heteroatoms. The van der Waals surface area contributed by atoms with Gasteiger partial charge in [0, 0.05) is 10.9 Å². The van der Waals surface area contributed by atoms with Crippen LogP contribution in [0.2, 0.25) is 0 Å². The summed E-state index contributed by atoms with van der Waals surface area (Å²) < 4.78 is 0. The SMILES string of the molecule is CC(C)NC(=O)CSCc1nc2sc(C(C)C)cc2c(=O)[nH]1. The second-order valence-electron chi connectivity index (χ2n) is 5.75. The first kappa shape index (κ1) is 17.0. The molecule has 5 nitrogen and oxygen atoms in total. The molecule has 2 N–H and O–H groups in total. The van der Waals surface area contributed by atoms with Crippen molar-refractivity contribution in [2.75, 3.05) is 5.75 Å². The summed E-state index contributed by atoms with van der Waals surface area (Å²) in [6.07, 6.45) is 0. The third kappa shape index (κ3) is 4.33. The minimum absolute atomic E-state index is 0.00152. The van der Waals surface area contributed by atoms with Gasteiger partial charge in [-0.1, -0.05) is 13.8 Å². The van der Waals surface area contributed by atoms with E-state index in [1.54, 1.807) is 11.3 Å². The highest BCUT2D eigenvalue weighted by Crippen LogP contribution is 2.27. The van der Waals surface area contributed by atoms with E-state index in [1.807, 2.05) is 19.9 Å². The molecule has 120 valence electrons. The number of carbonyl (C=O) groups excluding carboxylic acids is 1. The van der Waals surface area contributed by atoms with Crippen LogP contribution in [0, 0.1) is 0 Å². The Kier molecular flexibility index (Phi) is 5.63. The van der Waals surface area contributed by atoms with E-state index >= 15 is 0 Å². The Balaban J connectivity index is 2.06. The highest BCUT2D eigenvalue weighted by molar-refractivity contribution is 7.99. The lowest BCUT2D eigenvalue weighted by Crippen LogP contribution is -2.31. The Bertz CT molecular complexity index is 719. The number of thiophene rings is 1. The number of fused-ring (bicyclic) bond motifs is 1. The molecule has 0 atom stereocenters. The fourth-order valence-corrected chi connectivity index (χ4v) is 3.71. The molecular formula is C15H21N3O2S2. The molecule has 0 spiro atoms. The number of thioether (sulfide) groups is 1. The molecule has 0 radical (unpaired) electrons. The lowest BCUT2D eigenvalue weighted by Gasteiger charge is -2.07. The van der Waals surface area contributed by atoms with Gasteiger partial charge < -0.3 is 10.3 Å². The molecule has 0 fully saturated rings. The van der Waals surface area contributed by atoms with Crippen molar-refractivity contribution < 1.29 is 4.79 Å². The molecule has 2 rings (SSSR count). The van der Waals surface area contributed by atoms with Gasteiger partial charge in [-0.2, -0.15) is 0 Å². The van der Waals surface area contributed by atoms with Crippen LogP contribution in [0.25, 0.3) is 10.2 Å². The Morgan fingerprint density at radius 2 is 2.14 bits per heavy atom. The van der Waals surface area contributed by atoms with E-state index in [4.69, 9.17) is 0 Å². The Morgan fingerprint density at radius 3 is 2.77 bits per heavy atom. The number of carbonyl (C=O) groups is 1. The first-order chi connectivity index (χ1) is 10.4. The van der Waals surface area contributed by atoms with E-state index < -0.39 is 0 Å². The van der Waals surface area contributed by atoms with Crippen LogP contribution < -0.4 is 10.9 Å². The van der Waals surface area contributed by atoms with Gasteiger partial charge >= 0.3 is 0 Å². The van der Waals surface area contributed by atoms with E-state index in [1.165, 1.54) is 11.8 Å². The largest absolute Gasteiger partial charge is 0.353 e. The second-order valence-corrected chi connectivity index (χ2v) is 7.80. The van der Waals surface area contributed by atoms with Crippen LogP contribution in [0.4, 0.5) is 0 Å². The fourth-order valence-electron chi connectivity index (χ4n) is 1.95. The molecule has 0 bridgehead atoms. The summed E-state index contributed by atoms with van der Waals surface area (Å²) in [5.74, 6) is 1.89. The maximum absolute atomic E-state index is 12.1. The molecule has 0 aliphatic heterocycles. The third-order valence-corrected chi connectivity index (χ3v) is 5.23. The minimum atomic E-state index is -0.101. The molecule has 0 aliphatic rings. The van der Waals surface area contributed by atoms with Gasteiger partial charge in [-0.15, -0.1) is 23.1 Å². The zero-order chi connectivity index (χ0) is 16.3. The van der Waals surface area contributed by atoms with E-state index in [9.17, 15) is 9.59 Å². The highest BCUT2D eigenvalue weighted by atomic mass is 32.2. The van der Waals surface area contributed by atoms with Crippen molar-refractivity contribution >= 4 is 39.2 Å². The van der Waals surface area contributed by atoms with Crippen molar-refractivity contribution in [3.8, 4) is 0 Å². The molecule has 1 amide bonds. The Labute approximate surface area is 137 Å². The highest BCUT2D eigenvalue weighted by Gasteiger charge is 2.11. The van der Waals surface area contributed by atoms with Crippen molar-refractivity contribution in [1.29, 1.82) is 0 Å². The van der Waals surface area contributed by atoms with Crippen molar-refractivity contribution in [2.45, 2.75) is 45.4 Å². The quantitative estimate of drug-likeness (QED) is 0.848. The first-order valence-corrected chi connectivity index (χ1v) is 9.23. The van der Waals surface area contributed by atoms with Gasteiger partial charge in [0.15, 0.2) is 0 Å². The normalized spacial score (nSPS) is 11.5. The molecule has 0 saturated heterocycles. The first-order valence-electron chi connectivity index (χ1n) is 7.26. The number of rotatable bonds is 6. The van der Waals surface area contributed by atoms with Gasteiger partial charge in [-0.25, -0.2) is 4.98 Å². The molecule has 0 unspecified atom stereocenters. The van der Waals surface area contributed by atoms with Crippen LogP contribution in [0.5, 0.6) is 0 Å². The number of H-pyrrole nitrogens is 1. The lowest BCUT2D eigenvalue weighted by atomic mass is 10.2. The monoisotopic (exact) mass is 339 g/mol. The van der Waals surface area contributed by atoms with E-state index in [-0.39, 0.29) is 17.5 Å². The van der Waals surface area contributed by atoms with Crippen molar-refractivity contribution in [3.05, 3.63) is 27.1 Å². The van der Waals surface area contributed by atoms with Crippen molar-refractivity contribution in [3.63, 3.8) is 0 Å². The Morgan fingerprint density at radius 1 is 1.41 bits per heavy atom. The standard InChI is InChI=1S/C15H21N3O2S2/c1-8(2)11-5-10-14(20)17-12(18-15(10)22-11)6-21-7-13(19)16-9(3)4/h5,8-9H,6-7H2,1-4H3,(H,16,19)(H,17,18,20). The van der Waals surface area contributed by atoms with Crippen molar-refractivity contribution in [1.82, 2.24) is 15.3 Å². The van der Waals surface area contributed by atoms with Crippen molar-refractivity contribution in [2.24, 2.45) is 0 Å². The number of hydrogen-bond acceptors (Lipinski definition) is 5. The predicted octanol–water partition coefficient (Wildman–Crippen LogP) is 2.87. The molecule has 0 saturated carbocycles. The van der Waals surface area contributed by atoms with Crippen LogP contribution in [-0.2, 0) is 10.5 Å². The predicted molar refractivity (Wildman–Crippen MR) is 93.8 cm³/mol. The smallest absolute Gasteiger partial charge is 0.259 e. The average molecular weight is 339 g/mol. The van der Waals surface area contributed by atoms with Gasteiger partial charge in [0.05, 0.1) is 16.9 Å². The van der Waals surface area contributed by atoms with Crippen LogP contribution in [0.15, 0.2) is 10.9 Å². The van der Waals surface area contributed by atoms with Gasteiger partial charge in [0.2, 0.25) is 5.91 Å². The summed E-state index contributed by atoms with van der Waals surface area (Å²) in [4.78, 5) is 32.9. The summed E-state index contributed by atoms with van der Waals surface area (Å²) in [7, 11) is 0. The van der Waals surface area contributed by atoms with Crippen LogP contribution >= 0.6 is 23.1 Å². The average Bonchev–Trinajstić information content (AvgIpc) is 2.82. The van der Waals surface area contributed by atoms with E-state index in [2.05, 4.69) is 29.1 Å². The molecule has 0 aliphatic carbocycles. The molecular weight excluding hydrogens is 318 g/mol. The van der Waals surface area contributed by atoms with Crippen LogP contribution in [0.3, 0.4) is 0 Å². The lowest BCUT2D eigenvalue weighted by molar-refractivity contribution is -0.119. The number of aromatic amines is 1. The summed E-state index contributed by atoms with van der Waals surface area (Å²) in [6, 6.07) is 2.06. The maximum Gasteiger partial charge on any atom is 0.259 e. The topological polar surface area (TPSA) is 74.8 Å². The number of nitrogens with one attached hydrogen (secondary N) is 2.